The molecule has 5 rings (SSSR count). The first-order chi connectivity index (χ1) is 21.3. The number of hydrogen-bond acceptors (Lipinski definition) is 4. The van der Waals surface area contributed by atoms with Gasteiger partial charge in [-0.2, -0.15) is 0 Å². The molecule has 3 amide bonds. The summed E-state index contributed by atoms with van der Waals surface area (Å²) in [7, 11) is 0. The van der Waals surface area contributed by atoms with Crippen LogP contribution in [0.15, 0.2) is 126 Å². The van der Waals surface area contributed by atoms with Crippen LogP contribution < -0.4 is 16.0 Å². The molecule has 0 bridgehead atoms. The van der Waals surface area contributed by atoms with Crippen LogP contribution in [-0.2, 0) is 9.59 Å². The molecule has 0 saturated carbocycles. The molecule has 0 spiro atoms. The van der Waals surface area contributed by atoms with Crippen LogP contribution in [0, 0.1) is 0 Å². The molecule has 5 aromatic rings. The molecule has 220 valence electrons. The Balaban J connectivity index is 1.27. The second kappa shape index (κ2) is 14.3. The number of carbonyl (C=O) groups excluding carboxylic acids is 3. The molecule has 44 heavy (non-hydrogen) atoms. The van der Waals surface area contributed by atoms with Crippen molar-refractivity contribution in [3.63, 3.8) is 0 Å². The van der Waals surface area contributed by atoms with Crippen molar-refractivity contribution in [3.8, 4) is 0 Å². The zero-order valence-corrected chi connectivity index (χ0v) is 25.8. The lowest BCUT2D eigenvalue weighted by Crippen LogP contribution is -2.30. The van der Waals surface area contributed by atoms with Crippen LogP contribution in [0.3, 0.4) is 0 Å². The first-order valence-corrected chi connectivity index (χ1v) is 15.3. The van der Waals surface area contributed by atoms with Gasteiger partial charge in [-0.3, -0.25) is 14.4 Å². The number of rotatable bonds is 9. The monoisotopic (exact) mass is 639 g/mol. The van der Waals surface area contributed by atoms with E-state index in [1.54, 1.807) is 60.7 Å². The number of carbonyl (C=O) groups is 3. The van der Waals surface area contributed by atoms with Gasteiger partial charge in [0.05, 0.1) is 5.25 Å². The molecule has 1 atom stereocenters. The van der Waals surface area contributed by atoms with Crippen LogP contribution in [0.1, 0.15) is 22.8 Å². The minimum atomic E-state index is -0.562. The van der Waals surface area contributed by atoms with E-state index < -0.39 is 11.8 Å². The average Bonchev–Trinajstić information content (AvgIpc) is 3.03. The van der Waals surface area contributed by atoms with Gasteiger partial charge in [0.25, 0.3) is 11.8 Å². The predicted molar refractivity (Wildman–Crippen MR) is 181 cm³/mol. The van der Waals surface area contributed by atoms with E-state index in [0.717, 1.165) is 21.4 Å². The summed E-state index contributed by atoms with van der Waals surface area (Å²) >= 11 is 14.1. The summed E-state index contributed by atoms with van der Waals surface area (Å²) in [5, 5.41) is 10.8. The van der Waals surface area contributed by atoms with Gasteiger partial charge in [-0.25, -0.2) is 0 Å². The standard InChI is InChI=1S/C35H27Cl2N3O3S/c1-22(33(41)39-31-16-7-12-23-9-5-6-13-27(23)31)44-26-19-17-25(18-20-26)38-35(43)32(21-28-29(36)14-8-15-30(28)37)40-34(42)24-10-3-2-4-11-24/h2-22H,1H3,(H,38,43)(H,39,41)(H,40,42)/b32-21-. The minimum Gasteiger partial charge on any atom is -0.325 e. The second-order valence-corrected chi connectivity index (χ2v) is 12.0. The van der Waals surface area contributed by atoms with Crippen molar-refractivity contribution in [2.75, 3.05) is 10.6 Å². The zero-order valence-electron chi connectivity index (χ0n) is 23.5. The molecule has 0 fully saturated rings. The van der Waals surface area contributed by atoms with Crippen LogP contribution in [0.2, 0.25) is 10.0 Å². The fourth-order valence-corrected chi connectivity index (χ4v) is 5.75. The second-order valence-electron chi connectivity index (χ2n) is 9.77. The first kappa shape index (κ1) is 30.9. The number of amides is 3. The summed E-state index contributed by atoms with van der Waals surface area (Å²) in [5.74, 6) is -1.14. The van der Waals surface area contributed by atoms with E-state index in [1.165, 1.54) is 17.8 Å². The minimum absolute atomic E-state index is 0.0361. The van der Waals surface area contributed by atoms with Crippen LogP contribution in [0.5, 0.6) is 0 Å². The third-order valence-corrected chi connectivity index (χ3v) is 8.43. The van der Waals surface area contributed by atoms with Crippen LogP contribution in [-0.4, -0.2) is 23.0 Å². The van der Waals surface area contributed by atoms with Crippen LogP contribution in [0.4, 0.5) is 11.4 Å². The highest BCUT2D eigenvalue weighted by atomic mass is 35.5. The maximum absolute atomic E-state index is 13.4. The SMILES string of the molecule is CC(Sc1ccc(NC(=O)/C(=C/c2c(Cl)cccc2Cl)NC(=O)c2ccccc2)cc1)C(=O)Nc1cccc2ccccc12. The molecule has 5 aromatic carbocycles. The highest BCUT2D eigenvalue weighted by Crippen LogP contribution is 2.29. The van der Waals surface area contributed by atoms with Crippen molar-refractivity contribution in [1.29, 1.82) is 0 Å². The van der Waals surface area contributed by atoms with E-state index in [4.69, 9.17) is 23.2 Å². The summed E-state index contributed by atoms with van der Waals surface area (Å²) in [4.78, 5) is 40.1. The van der Waals surface area contributed by atoms with E-state index in [9.17, 15) is 14.4 Å². The maximum Gasteiger partial charge on any atom is 0.272 e. The lowest BCUT2D eigenvalue weighted by molar-refractivity contribution is -0.115. The largest absolute Gasteiger partial charge is 0.325 e. The third-order valence-electron chi connectivity index (χ3n) is 6.66. The Hall–Kier alpha value is -4.56. The van der Waals surface area contributed by atoms with Crippen LogP contribution in [0.25, 0.3) is 16.8 Å². The lowest BCUT2D eigenvalue weighted by atomic mass is 10.1. The van der Waals surface area contributed by atoms with E-state index in [2.05, 4.69) is 16.0 Å². The van der Waals surface area contributed by atoms with Gasteiger partial charge in [-0.15, -0.1) is 11.8 Å². The van der Waals surface area contributed by atoms with Gasteiger partial charge >= 0.3 is 0 Å². The molecular formula is C35H27Cl2N3O3S. The third kappa shape index (κ3) is 7.68. The van der Waals surface area contributed by atoms with Crippen molar-refractivity contribution >= 4 is 80.9 Å². The van der Waals surface area contributed by atoms with Crippen molar-refractivity contribution in [1.82, 2.24) is 5.32 Å². The Morgan fingerprint density at radius 3 is 2.09 bits per heavy atom. The summed E-state index contributed by atoms with van der Waals surface area (Å²) < 4.78 is 0. The molecule has 0 heterocycles. The maximum atomic E-state index is 13.4. The summed E-state index contributed by atoms with van der Waals surface area (Å²) in [6.07, 6.45) is 1.45. The van der Waals surface area contributed by atoms with E-state index >= 15 is 0 Å². The highest BCUT2D eigenvalue weighted by Gasteiger charge is 2.18. The van der Waals surface area contributed by atoms with Gasteiger partial charge in [0.15, 0.2) is 0 Å². The molecule has 1 unspecified atom stereocenters. The van der Waals surface area contributed by atoms with Gasteiger partial charge in [-0.05, 0) is 73.0 Å². The number of fused-ring (bicyclic) bond motifs is 1. The summed E-state index contributed by atoms with van der Waals surface area (Å²) in [5.41, 5.74) is 2.01. The Morgan fingerprint density at radius 1 is 0.727 bits per heavy atom. The molecule has 0 aliphatic heterocycles. The van der Waals surface area contributed by atoms with Gasteiger partial charge in [0.2, 0.25) is 5.91 Å². The summed E-state index contributed by atoms with van der Waals surface area (Å²) in [6.45, 7) is 1.84. The number of nitrogens with one attached hydrogen (secondary N) is 3. The Labute approximate surface area is 269 Å². The topological polar surface area (TPSA) is 87.3 Å². The Morgan fingerprint density at radius 2 is 1.36 bits per heavy atom. The van der Waals surface area contributed by atoms with Gasteiger partial charge in [-0.1, -0.05) is 83.9 Å². The molecule has 0 aromatic heterocycles. The number of hydrogen-bond donors (Lipinski definition) is 3. The van der Waals surface area contributed by atoms with Crippen molar-refractivity contribution in [3.05, 3.63) is 142 Å². The number of benzene rings is 5. The lowest BCUT2D eigenvalue weighted by Gasteiger charge is -2.14. The number of halogens is 2. The van der Waals surface area contributed by atoms with Crippen molar-refractivity contribution in [2.45, 2.75) is 17.1 Å². The van der Waals surface area contributed by atoms with E-state index in [-0.39, 0.29) is 16.9 Å². The summed E-state index contributed by atoms with van der Waals surface area (Å²) in [6, 6.07) is 34.3. The Bertz CT molecular complexity index is 1840. The predicted octanol–water partition coefficient (Wildman–Crippen LogP) is 8.68. The quantitative estimate of drug-likeness (QED) is 0.111. The van der Waals surface area contributed by atoms with Gasteiger partial charge in [0.1, 0.15) is 5.70 Å². The number of thioether (sulfide) groups is 1. The average molecular weight is 641 g/mol. The normalized spacial score (nSPS) is 11.9. The van der Waals surface area contributed by atoms with Crippen molar-refractivity contribution in [2.24, 2.45) is 0 Å². The zero-order chi connectivity index (χ0) is 31.1. The smallest absolute Gasteiger partial charge is 0.272 e. The molecule has 0 aliphatic rings. The van der Waals surface area contributed by atoms with Gasteiger partial charge < -0.3 is 16.0 Å². The molecule has 0 saturated heterocycles. The first-order valence-electron chi connectivity index (χ1n) is 13.7. The molecule has 6 nitrogen and oxygen atoms in total. The highest BCUT2D eigenvalue weighted by molar-refractivity contribution is 8.00. The molecule has 3 N–H and O–H groups in total. The van der Waals surface area contributed by atoms with Crippen molar-refractivity contribution < 1.29 is 14.4 Å². The van der Waals surface area contributed by atoms with E-state index in [1.807, 2.05) is 61.5 Å². The molecule has 9 heteroatoms. The van der Waals surface area contributed by atoms with Crippen LogP contribution >= 0.6 is 35.0 Å². The Kier molecular flexibility index (Phi) is 10.0. The molecule has 0 radical (unpaired) electrons. The van der Waals surface area contributed by atoms with Gasteiger partial charge in [0, 0.05) is 42.8 Å². The van der Waals surface area contributed by atoms with E-state index in [0.29, 0.717) is 26.9 Å². The fourth-order valence-electron chi connectivity index (χ4n) is 4.38. The number of anilines is 2. The molecule has 0 aliphatic carbocycles. The fraction of sp³-hybridized carbons (Fsp3) is 0.0571. The molecular weight excluding hydrogens is 613 g/mol.